The molecule has 0 aliphatic carbocycles. The number of hydrogen-bond acceptors (Lipinski definition) is 9. The zero-order valence-electron chi connectivity index (χ0n) is 20.2. The molecule has 0 fully saturated rings. The largest absolute Gasteiger partial charge is 0.394 e. The molecule has 0 saturated carbocycles. The molecular weight excluding hydrogens is 458 g/mol. The van der Waals surface area contributed by atoms with Crippen molar-refractivity contribution in [2.24, 2.45) is 7.05 Å². The molecular formula is C25H27N9O2. The van der Waals surface area contributed by atoms with Crippen LogP contribution in [0.5, 0.6) is 0 Å². The molecule has 3 heterocycles. The molecule has 5 rings (SSSR count). The van der Waals surface area contributed by atoms with Gasteiger partial charge in [0.2, 0.25) is 5.95 Å². The fourth-order valence-electron chi connectivity index (χ4n) is 4.30. The Labute approximate surface area is 208 Å². The number of nitrogens with one attached hydrogen (secondary N) is 3. The Morgan fingerprint density at radius 2 is 1.97 bits per heavy atom. The quantitative estimate of drug-likeness (QED) is 0.311. The van der Waals surface area contributed by atoms with Crippen LogP contribution in [0, 0.1) is 0 Å². The van der Waals surface area contributed by atoms with Crippen LogP contribution >= 0.6 is 0 Å². The molecule has 1 aliphatic heterocycles. The third-order valence-electron chi connectivity index (χ3n) is 6.04. The molecule has 4 aromatic rings. The van der Waals surface area contributed by atoms with E-state index in [9.17, 15) is 9.90 Å². The Bertz CT molecular complexity index is 1400. The number of aryl methyl sites for hydroxylation is 1. The Hall–Kier alpha value is -4.38. The minimum Gasteiger partial charge on any atom is -0.394 e. The molecule has 1 amide bonds. The first kappa shape index (κ1) is 23.4. The predicted octanol–water partition coefficient (Wildman–Crippen LogP) is 2.62. The summed E-state index contributed by atoms with van der Waals surface area (Å²) in [5, 5.41) is 31.3. The number of aliphatic hydroxyl groups excluding tert-OH is 1. The molecule has 1 aliphatic rings. The first-order chi connectivity index (χ1) is 17.3. The minimum atomic E-state index is -0.412. The highest BCUT2D eigenvalue weighted by molar-refractivity contribution is 5.98. The third-order valence-corrected chi connectivity index (χ3v) is 6.04. The third kappa shape index (κ3) is 4.73. The van der Waals surface area contributed by atoms with Crippen LogP contribution < -0.4 is 16.0 Å². The van der Waals surface area contributed by atoms with Gasteiger partial charge in [0.1, 0.15) is 5.82 Å². The van der Waals surface area contributed by atoms with Crippen molar-refractivity contribution in [3.63, 3.8) is 0 Å². The van der Waals surface area contributed by atoms with Gasteiger partial charge in [-0.3, -0.25) is 4.79 Å². The number of nitrogens with zero attached hydrogens (tertiary/aromatic N) is 6. The van der Waals surface area contributed by atoms with Crippen LogP contribution in [0.3, 0.4) is 0 Å². The van der Waals surface area contributed by atoms with Crippen molar-refractivity contribution in [1.29, 1.82) is 0 Å². The standard InChI is InChI=1S/C25H27N9O2/c1-25(2)12-16-9-10-17(11-18(16)23(36)30-25)27-24-26-13-19(22-31-32-33-34(22)3)21(29-24)28-20(14-35)15-7-5-4-6-8-15/h4-11,13,20,35H,12,14H2,1-3H3,(H,30,36)(H2,26,27,28,29)/t20-/m1/s1. The molecule has 0 radical (unpaired) electrons. The van der Waals surface area contributed by atoms with Crippen LogP contribution in [-0.2, 0) is 13.5 Å². The van der Waals surface area contributed by atoms with Crippen molar-refractivity contribution in [3.8, 4) is 11.4 Å². The number of amides is 1. The van der Waals surface area contributed by atoms with Crippen molar-refractivity contribution >= 4 is 23.4 Å². The van der Waals surface area contributed by atoms with E-state index in [-0.39, 0.29) is 18.1 Å². The second-order valence-electron chi connectivity index (χ2n) is 9.38. The number of benzene rings is 2. The zero-order valence-corrected chi connectivity index (χ0v) is 20.2. The Kier molecular flexibility index (Phi) is 6.06. The molecule has 2 aromatic heterocycles. The van der Waals surface area contributed by atoms with Gasteiger partial charge in [0, 0.05) is 30.0 Å². The van der Waals surface area contributed by atoms with Crippen molar-refractivity contribution in [1.82, 2.24) is 35.5 Å². The lowest BCUT2D eigenvalue weighted by atomic mass is 9.87. The fourth-order valence-corrected chi connectivity index (χ4v) is 4.30. The van der Waals surface area contributed by atoms with E-state index in [0.717, 1.165) is 17.5 Å². The van der Waals surface area contributed by atoms with Crippen LogP contribution in [0.15, 0.2) is 54.7 Å². The number of aliphatic hydroxyl groups is 1. The second-order valence-corrected chi connectivity index (χ2v) is 9.38. The topological polar surface area (TPSA) is 143 Å². The van der Waals surface area contributed by atoms with Gasteiger partial charge in [-0.1, -0.05) is 36.4 Å². The number of carbonyl (C=O) groups excluding carboxylic acids is 1. The fraction of sp³-hybridized carbons (Fsp3) is 0.280. The number of anilines is 3. The van der Waals surface area contributed by atoms with Gasteiger partial charge >= 0.3 is 0 Å². The lowest BCUT2D eigenvalue weighted by Gasteiger charge is -2.32. The molecule has 184 valence electrons. The first-order valence-electron chi connectivity index (χ1n) is 11.6. The lowest BCUT2D eigenvalue weighted by Crippen LogP contribution is -2.49. The van der Waals surface area contributed by atoms with Crippen LogP contribution in [0.4, 0.5) is 17.5 Å². The maximum absolute atomic E-state index is 12.6. The van der Waals surface area contributed by atoms with E-state index in [1.807, 2.05) is 56.3 Å². The number of aromatic nitrogens is 6. The maximum atomic E-state index is 12.6. The molecule has 2 aromatic carbocycles. The predicted molar refractivity (Wildman–Crippen MR) is 135 cm³/mol. The van der Waals surface area contributed by atoms with E-state index in [2.05, 4.69) is 41.4 Å². The second kappa shape index (κ2) is 9.34. The molecule has 11 heteroatoms. The Morgan fingerprint density at radius 3 is 2.69 bits per heavy atom. The van der Waals surface area contributed by atoms with E-state index >= 15 is 0 Å². The molecule has 1 atom stereocenters. The SMILES string of the molecule is Cn1nnnc1-c1cnc(Nc2ccc3c(c2)C(=O)NC(C)(C)C3)nc1N[C@H](CO)c1ccccc1. The summed E-state index contributed by atoms with van der Waals surface area (Å²) in [7, 11) is 1.73. The summed E-state index contributed by atoms with van der Waals surface area (Å²) in [6.07, 6.45) is 2.37. The van der Waals surface area contributed by atoms with Gasteiger partial charge in [-0.15, -0.1) is 5.10 Å². The average molecular weight is 486 g/mol. The summed E-state index contributed by atoms with van der Waals surface area (Å²) in [6, 6.07) is 14.8. The Morgan fingerprint density at radius 1 is 1.17 bits per heavy atom. The van der Waals surface area contributed by atoms with E-state index in [1.54, 1.807) is 19.3 Å². The molecule has 11 nitrogen and oxygen atoms in total. The summed E-state index contributed by atoms with van der Waals surface area (Å²) in [5.41, 5.74) is 3.51. The van der Waals surface area contributed by atoms with Crippen molar-refractivity contribution in [2.75, 3.05) is 17.2 Å². The number of carbonyl (C=O) groups is 1. The summed E-state index contributed by atoms with van der Waals surface area (Å²) in [4.78, 5) is 21.8. The van der Waals surface area contributed by atoms with Crippen LogP contribution in [0.1, 0.15) is 41.4 Å². The first-order valence-corrected chi connectivity index (χ1v) is 11.6. The number of hydrogen-bond donors (Lipinski definition) is 4. The lowest BCUT2D eigenvalue weighted by molar-refractivity contribution is 0.0897. The highest BCUT2D eigenvalue weighted by atomic mass is 16.3. The van der Waals surface area contributed by atoms with Crippen LogP contribution in [0.2, 0.25) is 0 Å². The van der Waals surface area contributed by atoms with Crippen LogP contribution in [0.25, 0.3) is 11.4 Å². The maximum Gasteiger partial charge on any atom is 0.252 e. The average Bonchev–Trinajstić information content (AvgIpc) is 3.28. The smallest absolute Gasteiger partial charge is 0.252 e. The number of rotatable bonds is 7. The molecule has 0 bridgehead atoms. The van der Waals surface area contributed by atoms with Gasteiger partial charge in [0.05, 0.1) is 18.2 Å². The minimum absolute atomic E-state index is 0.105. The van der Waals surface area contributed by atoms with Gasteiger partial charge in [0.25, 0.3) is 5.91 Å². The summed E-state index contributed by atoms with van der Waals surface area (Å²) in [6.45, 7) is 3.86. The van der Waals surface area contributed by atoms with Crippen LogP contribution in [-0.4, -0.2) is 53.3 Å². The summed E-state index contributed by atoms with van der Waals surface area (Å²) in [5.74, 6) is 1.14. The van der Waals surface area contributed by atoms with E-state index in [0.29, 0.717) is 34.4 Å². The van der Waals surface area contributed by atoms with E-state index < -0.39 is 6.04 Å². The van der Waals surface area contributed by atoms with Gasteiger partial charge in [-0.25, -0.2) is 9.67 Å². The molecule has 0 saturated heterocycles. The van der Waals surface area contributed by atoms with Crippen molar-refractivity contribution < 1.29 is 9.90 Å². The summed E-state index contributed by atoms with van der Waals surface area (Å²) < 4.78 is 1.52. The molecule has 0 spiro atoms. The highest BCUT2D eigenvalue weighted by Gasteiger charge is 2.30. The zero-order chi connectivity index (χ0) is 25.3. The normalized spacial score (nSPS) is 15.1. The molecule has 0 unspecified atom stereocenters. The van der Waals surface area contributed by atoms with Gasteiger partial charge in [-0.05, 0) is 54.0 Å². The number of tetrazole rings is 1. The van der Waals surface area contributed by atoms with E-state index in [4.69, 9.17) is 0 Å². The van der Waals surface area contributed by atoms with Crippen molar-refractivity contribution in [2.45, 2.75) is 31.8 Å². The number of fused-ring (bicyclic) bond motifs is 1. The monoisotopic (exact) mass is 485 g/mol. The van der Waals surface area contributed by atoms with Gasteiger partial charge < -0.3 is 21.1 Å². The van der Waals surface area contributed by atoms with Gasteiger partial charge in [-0.2, -0.15) is 4.98 Å². The molecule has 4 N–H and O–H groups in total. The molecule has 36 heavy (non-hydrogen) atoms. The van der Waals surface area contributed by atoms with E-state index in [1.165, 1.54) is 4.68 Å². The Balaban J connectivity index is 1.48. The highest BCUT2D eigenvalue weighted by Crippen LogP contribution is 2.30. The summed E-state index contributed by atoms with van der Waals surface area (Å²) >= 11 is 0. The van der Waals surface area contributed by atoms with Gasteiger partial charge in [0.15, 0.2) is 5.82 Å². The van der Waals surface area contributed by atoms with Crippen molar-refractivity contribution in [3.05, 3.63) is 71.4 Å².